The standard InChI is InChI=1S/C55H54N5O10PS/c1-55(2,3)69-54(64)59-58-45(34-36-26-30-42(31-27-36)70-71(65,66)68-35-37-16-7-5-8-17-37)51(61)57-48-50(40-28-32-41(67-4)33-29-40)72-47-25-14-13-24-46(47)60(53(48)63)49(39-19-9-6-10-20-39)52(62)56-44-23-15-21-38-18-11-12-22-43(38)44/h5-33,45,48-50,58H,34-35H2,1-4H3,(H,56,62)(H,57,61)(H,59,64)(H,65,66)/t45-,48+,49?,50+/m0/s1. The molecule has 17 heteroatoms. The highest BCUT2D eigenvalue weighted by molar-refractivity contribution is 7.99. The molecule has 370 valence electrons. The van der Waals surface area contributed by atoms with Gasteiger partial charge in [-0.1, -0.05) is 133 Å². The van der Waals surface area contributed by atoms with E-state index in [9.17, 15) is 14.3 Å². The highest BCUT2D eigenvalue weighted by atomic mass is 32.2. The third-order valence-electron chi connectivity index (χ3n) is 11.5. The quantitative estimate of drug-likeness (QED) is 0.0429. The smallest absolute Gasteiger partial charge is 0.497 e. The van der Waals surface area contributed by atoms with Gasteiger partial charge in [0.05, 0.1) is 24.7 Å². The van der Waals surface area contributed by atoms with Crippen molar-refractivity contribution in [1.29, 1.82) is 0 Å². The number of carbonyl (C=O) groups excluding carboxylic acids is 4. The van der Waals surface area contributed by atoms with Gasteiger partial charge < -0.3 is 24.6 Å². The highest BCUT2D eigenvalue weighted by Crippen LogP contribution is 2.49. The van der Waals surface area contributed by atoms with Crippen LogP contribution in [0, 0.1) is 0 Å². The molecule has 72 heavy (non-hydrogen) atoms. The van der Waals surface area contributed by atoms with E-state index in [-0.39, 0.29) is 18.8 Å². The fourth-order valence-corrected chi connectivity index (χ4v) is 10.2. The number of benzene rings is 7. The third kappa shape index (κ3) is 12.9. The number of para-hydroxylation sites is 1. The normalized spacial score (nSPS) is 16.2. The van der Waals surface area contributed by atoms with E-state index < -0.39 is 60.6 Å². The number of thioether (sulfide) groups is 1. The van der Waals surface area contributed by atoms with Crippen LogP contribution in [0.1, 0.15) is 54.3 Å². The molecule has 7 aromatic carbocycles. The summed E-state index contributed by atoms with van der Waals surface area (Å²) in [5, 5.41) is 7.14. The molecule has 0 saturated carbocycles. The van der Waals surface area contributed by atoms with E-state index in [1.54, 1.807) is 113 Å². The molecule has 0 bridgehead atoms. The molecule has 7 aromatic rings. The van der Waals surface area contributed by atoms with Gasteiger partial charge in [-0.2, -0.15) is 0 Å². The molecule has 1 aliphatic heterocycles. The van der Waals surface area contributed by atoms with Crippen molar-refractivity contribution < 1.29 is 47.2 Å². The first-order valence-corrected chi connectivity index (χ1v) is 25.4. The van der Waals surface area contributed by atoms with Crippen LogP contribution in [0.5, 0.6) is 11.5 Å². The summed E-state index contributed by atoms with van der Waals surface area (Å²) in [6.45, 7) is 4.93. The summed E-state index contributed by atoms with van der Waals surface area (Å²) in [5.41, 5.74) is 7.84. The van der Waals surface area contributed by atoms with E-state index in [4.69, 9.17) is 18.5 Å². The second-order valence-corrected chi connectivity index (χ2v) is 20.4. The molecule has 4 amide bonds. The van der Waals surface area contributed by atoms with Gasteiger partial charge in [0.15, 0.2) is 0 Å². The van der Waals surface area contributed by atoms with Crippen LogP contribution in [0.15, 0.2) is 181 Å². The molecule has 5 N–H and O–H groups in total. The maximum absolute atomic E-state index is 15.9. The molecule has 0 fully saturated rings. The van der Waals surface area contributed by atoms with Crippen molar-refractivity contribution >= 4 is 65.5 Å². The number of phosphoric ester groups is 1. The Kier molecular flexibility index (Phi) is 16.1. The number of rotatable bonds is 17. The van der Waals surface area contributed by atoms with E-state index in [0.717, 1.165) is 10.8 Å². The van der Waals surface area contributed by atoms with Gasteiger partial charge in [0.2, 0.25) is 5.91 Å². The molecule has 0 aliphatic carbocycles. The number of hydrogen-bond donors (Lipinski definition) is 5. The predicted molar refractivity (Wildman–Crippen MR) is 277 cm³/mol. The van der Waals surface area contributed by atoms with Crippen LogP contribution in [0.3, 0.4) is 0 Å². The minimum Gasteiger partial charge on any atom is -0.497 e. The van der Waals surface area contributed by atoms with Gasteiger partial charge in [-0.3, -0.25) is 34.1 Å². The summed E-state index contributed by atoms with van der Waals surface area (Å²) in [5.74, 6) is -1.17. The minimum atomic E-state index is -4.54. The first-order chi connectivity index (χ1) is 34.6. The topological polar surface area (TPSA) is 194 Å². The number of fused-ring (bicyclic) bond motifs is 2. The van der Waals surface area contributed by atoms with Crippen LogP contribution >= 0.6 is 19.6 Å². The van der Waals surface area contributed by atoms with E-state index in [1.165, 1.54) is 28.8 Å². The number of nitrogens with one attached hydrogen (secondary N) is 4. The number of amides is 4. The largest absolute Gasteiger partial charge is 0.527 e. The molecule has 0 aromatic heterocycles. The lowest BCUT2D eigenvalue weighted by atomic mass is 9.98. The predicted octanol–water partition coefficient (Wildman–Crippen LogP) is 10.2. The van der Waals surface area contributed by atoms with Crippen LogP contribution in [0.2, 0.25) is 0 Å². The maximum Gasteiger partial charge on any atom is 0.527 e. The lowest BCUT2D eigenvalue weighted by molar-refractivity contribution is -0.130. The minimum absolute atomic E-state index is 0.0269. The number of nitrogens with zero attached hydrogens (tertiary/aromatic N) is 1. The SMILES string of the molecule is COc1ccc([C@H]2Sc3ccccc3N(C(C(=O)Nc3cccc4ccccc34)c3ccccc3)C(=O)[C@@H]2NC(=O)[C@H](Cc2ccc(OP(=O)(O)OCc3ccccc3)cc2)NNC(=O)OC(C)(C)C)cc1. The molecule has 2 unspecified atom stereocenters. The Morgan fingerprint density at radius 1 is 0.736 bits per heavy atom. The first kappa shape index (κ1) is 50.9. The number of hydrazine groups is 1. The summed E-state index contributed by atoms with van der Waals surface area (Å²) < 4.78 is 34.4. The van der Waals surface area contributed by atoms with Crippen LogP contribution in [0.4, 0.5) is 16.2 Å². The van der Waals surface area contributed by atoms with Crippen LogP contribution in [0.25, 0.3) is 10.8 Å². The molecule has 1 heterocycles. The Bertz CT molecular complexity index is 3060. The zero-order valence-electron chi connectivity index (χ0n) is 39.9. The summed E-state index contributed by atoms with van der Waals surface area (Å²) in [7, 11) is -2.99. The van der Waals surface area contributed by atoms with E-state index in [2.05, 4.69) is 21.5 Å². The first-order valence-electron chi connectivity index (χ1n) is 23.1. The fraction of sp³-hybridized carbons (Fsp3) is 0.200. The fourth-order valence-electron chi connectivity index (χ4n) is 8.13. The molecule has 8 rings (SSSR count). The molecule has 1 aliphatic rings. The molecule has 5 atom stereocenters. The average Bonchev–Trinajstić information content (AvgIpc) is 3.49. The van der Waals surface area contributed by atoms with E-state index in [0.29, 0.717) is 44.3 Å². The lowest BCUT2D eigenvalue weighted by Gasteiger charge is -2.34. The van der Waals surface area contributed by atoms with Crippen LogP contribution in [-0.4, -0.2) is 53.5 Å². The Hall–Kier alpha value is -7.46. The van der Waals surface area contributed by atoms with E-state index >= 15 is 14.4 Å². The Balaban J connectivity index is 1.15. The second kappa shape index (κ2) is 22.7. The monoisotopic (exact) mass is 1010 g/mol. The zero-order valence-corrected chi connectivity index (χ0v) is 41.6. The molecule has 0 spiro atoms. The maximum atomic E-state index is 15.9. The highest BCUT2D eigenvalue weighted by Gasteiger charge is 2.45. The summed E-state index contributed by atoms with van der Waals surface area (Å²) in [4.78, 5) is 71.8. The molecular weight excluding hydrogens is 954 g/mol. The Morgan fingerprint density at radius 2 is 1.38 bits per heavy atom. The van der Waals surface area contributed by atoms with Crippen molar-refractivity contribution in [2.24, 2.45) is 0 Å². The van der Waals surface area contributed by atoms with Crippen molar-refractivity contribution in [3.63, 3.8) is 0 Å². The van der Waals surface area contributed by atoms with Gasteiger partial charge in [0, 0.05) is 16.0 Å². The summed E-state index contributed by atoms with van der Waals surface area (Å²) >= 11 is 1.35. The number of phosphoric acid groups is 1. The Morgan fingerprint density at radius 3 is 2.08 bits per heavy atom. The number of carbonyl (C=O) groups is 4. The lowest BCUT2D eigenvalue weighted by Crippen LogP contribution is -2.59. The molecule has 0 saturated heterocycles. The van der Waals surface area contributed by atoms with Crippen molar-refractivity contribution in [3.05, 3.63) is 198 Å². The van der Waals surface area contributed by atoms with Gasteiger partial charge in [-0.05, 0) is 97.3 Å². The molecule has 0 radical (unpaired) electrons. The molecular formula is C55H54N5O10PS. The van der Waals surface area contributed by atoms with Gasteiger partial charge in [0.25, 0.3) is 11.8 Å². The van der Waals surface area contributed by atoms with Crippen molar-refractivity contribution in [3.8, 4) is 11.5 Å². The van der Waals surface area contributed by atoms with Gasteiger partial charge in [-0.15, -0.1) is 11.8 Å². The number of hydrogen-bond acceptors (Lipinski definition) is 11. The molecule has 15 nitrogen and oxygen atoms in total. The number of anilines is 2. The van der Waals surface area contributed by atoms with Gasteiger partial charge in [0.1, 0.15) is 35.2 Å². The third-order valence-corrected chi connectivity index (χ3v) is 13.8. The van der Waals surface area contributed by atoms with Crippen LogP contribution in [-0.2, 0) is 41.2 Å². The van der Waals surface area contributed by atoms with Crippen LogP contribution < -0.4 is 35.6 Å². The van der Waals surface area contributed by atoms with Crippen molar-refractivity contribution in [2.75, 3.05) is 17.3 Å². The van der Waals surface area contributed by atoms with E-state index in [1.807, 2.05) is 78.9 Å². The average molecular weight is 1010 g/mol. The van der Waals surface area contributed by atoms with Gasteiger partial charge >= 0.3 is 13.9 Å². The zero-order chi connectivity index (χ0) is 50.8. The summed E-state index contributed by atoms with van der Waals surface area (Å²) in [6.07, 6.45) is -0.936. The number of methoxy groups -OCH3 is 1. The van der Waals surface area contributed by atoms with Gasteiger partial charge in [-0.25, -0.2) is 14.8 Å². The summed E-state index contributed by atoms with van der Waals surface area (Å²) in [6, 6.07) is 47.9. The van der Waals surface area contributed by atoms with Crippen molar-refractivity contribution in [2.45, 2.75) is 67.7 Å². The van der Waals surface area contributed by atoms with Crippen molar-refractivity contribution in [1.82, 2.24) is 16.2 Å². The second-order valence-electron chi connectivity index (χ2n) is 17.8. The Labute approximate surface area is 421 Å². The number of ether oxygens (including phenoxy) is 2.